The molecule has 192 valence electrons. The van der Waals surface area contributed by atoms with Crippen molar-refractivity contribution in [2.24, 2.45) is 5.10 Å². The topological polar surface area (TPSA) is 121 Å². The summed E-state index contributed by atoms with van der Waals surface area (Å²) in [6.45, 7) is 3.57. The number of halogens is 1. The van der Waals surface area contributed by atoms with Crippen molar-refractivity contribution in [2.45, 2.75) is 39.0 Å². The minimum Gasteiger partial charge on any atom is -0.494 e. The van der Waals surface area contributed by atoms with Gasteiger partial charge in [0.05, 0.1) is 19.2 Å². The molecule has 2 aromatic carbocycles. The summed E-state index contributed by atoms with van der Waals surface area (Å²) in [6.07, 6.45) is 6.21. The first-order valence-electron chi connectivity index (χ1n) is 11.7. The minimum atomic E-state index is -0.340. The molecule has 0 unspecified atom stereocenters. The van der Waals surface area contributed by atoms with Crippen LogP contribution >= 0.6 is 22.9 Å². The molecule has 1 aromatic heterocycles. The van der Waals surface area contributed by atoms with Crippen LogP contribution in [0.4, 0.5) is 5.13 Å². The Hall–Kier alpha value is -3.37. The van der Waals surface area contributed by atoms with Gasteiger partial charge in [-0.2, -0.15) is 5.10 Å². The third-order valence-electron chi connectivity index (χ3n) is 4.86. The molecular formula is C25H30ClN5O4S. The van der Waals surface area contributed by atoms with Crippen LogP contribution in [0.2, 0.25) is 5.02 Å². The van der Waals surface area contributed by atoms with E-state index in [4.69, 9.17) is 31.5 Å². The van der Waals surface area contributed by atoms with Crippen molar-refractivity contribution in [2.75, 3.05) is 25.6 Å². The zero-order chi connectivity index (χ0) is 25.6. The summed E-state index contributed by atoms with van der Waals surface area (Å²) in [7, 11) is 0. The van der Waals surface area contributed by atoms with Gasteiger partial charge in [0.2, 0.25) is 11.0 Å². The van der Waals surface area contributed by atoms with Gasteiger partial charge < -0.3 is 19.9 Å². The van der Waals surface area contributed by atoms with Crippen molar-refractivity contribution >= 4 is 40.2 Å². The van der Waals surface area contributed by atoms with E-state index in [1.807, 2.05) is 24.3 Å². The number of nitrogens with two attached hydrogens (primary N) is 1. The van der Waals surface area contributed by atoms with E-state index < -0.39 is 0 Å². The van der Waals surface area contributed by atoms with E-state index in [9.17, 15) is 4.79 Å². The summed E-state index contributed by atoms with van der Waals surface area (Å²) in [5, 5.41) is 12.8. The predicted octanol–water partition coefficient (Wildman–Crippen LogP) is 4.88. The number of hydrogen-bond donors (Lipinski definition) is 2. The lowest BCUT2D eigenvalue weighted by Crippen LogP contribution is -2.19. The second-order valence-electron chi connectivity index (χ2n) is 7.76. The molecule has 0 atom stereocenters. The van der Waals surface area contributed by atoms with Crippen LogP contribution in [-0.2, 0) is 11.2 Å². The van der Waals surface area contributed by atoms with E-state index >= 15 is 0 Å². The number of unbranched alkanes of at least 4 members (excludes halogenated alkanes) is 3. The summed E-state index contributed by atoms with van der Waals surface area (Å²) in [6, 6.07) is 12.7. The number of nitrogens with one attached hydrogen (secondary N) is 1. The fourth-order valence-corrected chi connectivity index (χ4v) is 3.89. The Labute approximate surface area is 219 Å². The molecule has 0 saturated carbocycles. The van der Waals surface area contributed by atoms with E-state index in [0.717, 1.165) is 35.9 Å². The van der Waals surface area contributed by atoms with Crippen LogP contribution in [0.3, 0.4) is 0 Å². The summed E-state index contributed by atoms with van der Waals surface area (Å²) in [5.74, 6) is 1.78. The molecule has 0 radical (unpaired) electrons. The molecule has 36 heavy (non-hydrogen) atoms. The number of aromatic nitrogens is 2. The Kier molecular flexibility index (Phi) is 11.3. The third kappa shape index (κ3) is 9.71. The maximum atomic E-state index is 12.0. The molecule has 9 nitrogen and oxygen atoms in total. The number of hydrogen-bond acceptors (Lipinski definition) is 9. The third-order valence-corrected chi connectivity index (χ3v) is 5.85. The highest BCUT2D eigenvalue weighted by Gasteiger charge is 2.08. The zero-order valence-electron chi connectivity index (χ0n) is 20.1. The number of carbonyl (C=O) groups excluding carboxylic acids is 1. The molecule has 1 heterocycles. The number of carbonyl (C=O) groups is 1. The highest BCUT2D eigenvalue weighted by Crippen LogP contribution is 2.22. The highest BCUT2D eigenvalue weighted by molar-refractivity contribution is 7.15. The van der Waals surface area contributed by atoms with Crippen molar-refractivity contribution in [1.82, 2.24) is 15.6 Å². The molecule has 0 fully saturated rings. The molecule has 1 amide bonds. The van der Waals surface area contributed by atoms with Gasteiger partial charge in [0, 0.05) is 10.6 Å². The van der Waals surface area contributed by atoms with E-state index in [1.165, 1.54) is 25.5 Å². The van der Waals surface area contributed by atoms with Crippen molar-refractivity contribution in [3.63, 3.8) is 0 Å². The first-order chi connectivity index (χ1) is 17.5. The van der Waals surface area contributed by atoms with E-state index in [2.05, 4.69) is 27.6 Å². The van der Waals surface area contributed by atoms with Gasteiger partial charge in [-0.1, -0.05) is 49.1 Å². The Balaban J connectivity index is 1.42. The SMILES string of the molecule is CCCCCCOc1ccc(OCCOc2ccc(Cl)cc2/C=N\NC(=O)Cc2nnc(N)s2)cc1. The fraction of sp³-hybridized carbons (Fsp3) is 0.360. The number of nitrogen functional groups attached to an aromatic ring is 1. The lowest BCUT2D eigenvalue weighted by Gasteiger charge is -2.11. The van der Waals surface area contributed by atoms with E-state index in [-0.39, 0.29) is 12.3 Å². The molecule has 3 N–H and O–H groups in total. The molecule has 0 bridgehead atoms. The minimum absolute atomic E-state index is 0.0362. The molecule has 11 heteroatoms. The summed E-state index contributed by atoms with van der Waals surface area (Å²) in [4.78, 5) is 12.0. The number of anilines is 1. The predicted molar refractivity (Wildman–Crippen MR) is 142 cm³/mol. The Bertz CT molecular complexity index is 1120. The van der Waals surface area contributed by atoms with Crippen LogP contribution in [-0.4, -0.2) is 42.1 Å². The smallest absolute Gasteiger partial charge is 0.247 e. The average molecular weight is 532 g/mol. The lowest BCUT2D eigenvalue weighted by atomic mass is 10.2. The van der Waals surface area contributed by atoms with Crippen molar-refractivity contribution < 1.29 is 19.0 Å². The first kappa shape index (κ1) is 27.2. The summed E-state index contributed by atoms with van der Waals surface area (Å²) >= 11 is 7.26. The quantitative estimate of drug-likeness (QED) is 0.163. The second-order valence-corrected chi connectivity index (χ2v) is 9.29. The van der Waals surface area contributed by atoms with Crippen LogP contribution in [0.25, 0.3) is 0 Å². The van der Waals surface area contributed by atoms with Gasteiger partial charge in [-0.05, 0) is 48.9 Å². The van der Waals surface area contributed by atoms with Crippen molar-refractivity contribution in [3.8, 4) is 17.2 Å². The normalized spacial score (nSPS) is 10.9. The first-order valence-corrected chi connectivity index (χ1v) is 12.9. The van der Waals surface area contributed by atoms with Gasteiger partial charge in [0.15, 0.2) is 0 Å². The molecule has 0 saturated heterocycles. The highest BCUT2D eigenvalue weighted by atomic mass is 35.5. The molecule has 0 spiro atoms. The summed E-state index contributed by atoms with van der Waals surface area (Å²) in [5.41, 5.74) is 8.58. The van der Waals surface area contributed by atoms with Crippen LogP contribution in [0.1, 0.15) is 43.2 Å². The van der Waals surface area contributed by atoms with Crippen LogP contribution in [0.15, 0.2) is 47.6 Å². The number of ether oxygens (including phenoxy) is 3. The summed E-state index contributed by atoms with van der Waals surface area (Å²) < 4.78 is 17.3. The number of rotatable bonds is 15. The molecular weight excluding hydrogens is 502 g/mol. The van der Waals surface area contributed by atoms with E-state index in [0.29, 0.717) is 39.7 Å². The monoisotopic (exact) mass is 531 g/mol. The van der Waals surface area contributed by atoms with Gasteiger partial charge in [-0.15, -0.1) is 10.2 Å². The molecule has 3 aromatic rings. The molecule has 0 aliphatic rings. The maximum absolute atomic E-state index is 12.0. The number of amides is 1. The van der Waals surface area contributed by atoms with Crippen LogP contribution < -0.4 is 25.4 Å². The van der Waals surface area contributed by atoms with Gasteiger partial charge in [0.1, 0.15) is 35.5 Å². The van der Waals surface area contributed by atoms with Crippen molar-refractivity contribution in [3.05, 3.63) is 58.1 Å². The lowest BCUT2D eigenvalue weighted by molar-refractivity contribution is -0.120. The standard InChI is InChI=1S/C25H30ClN5O4S/c1-2-3-4-5-12-33-20-7-9-21(10-8-20)34-13-14-35-22-11-6-19(26)15-18(22)17-28-29-23(32)16-24-30-31-25(27)36-24/h6-11,15,17H,2-5,12-14,16H2,1H3,(H2,27,31)(H,29,32)/b28-17-. The molecule has 0 aliphatic heterocycles. The van der Waals surface area contributed by atoms with Crippen molar-refractivity contribution in [1.29, 1.82) is 0 Å². The number of hydrazone groups is 1. The van der Waals surface area contributed by atoms with Gasteiger partial charge in [-0.25, -0.2) is 5.43 Å². The Morgan fingerprint density at radius 2 is 1.75 bits per heavy atom. The average Bonchev–Trinajstić information content (AvgIpc) is 3.27. The largest absolute Gasteiger partial charge is 0.494 e. The van der Waals surface area contributed by atoms with E-state index in [1.54, 1.807) is 18.2 Å². The van der Waals surface area contributed by atoms with Crippen LogP contribution in [0, 0.1) is 0 Å². The molecule has 3 rings (SSSR count). The second kappa shape index (κ2) is 14.9. The Morgan fingerprint density at radius 1 is 1.03 bits per heavy atom. The Morgan fingerprint density at radius 3 is 2.44 bits per heavy atom. The zero-order valence-corrected chi connectivity index (χ0v) is 21.7. The van der Waals surface area contributed by atoms with Gasteiger partial charge in [0.25, 0.3) is 0 Å². The fourth-order valence-electron chi connectivity index (χ4n) is 3.10. The molecule has 0 aliphatic carbocycles. The number of benzene rings is 2. The number of nitrogens with zero attached hydrogens (tertiary/aromatic N) is 3. The van der Waals surface area contributed by atoms with Gasteiger partial charge >= 0.3 is 0 Å². The van der Waals surface area contributed by atoms with Crippen LogP contribution in [0.5, 0.6) is 17.2 Å². The van der Waals surface area contributed by atoms with Gasteiger partial charge in [-0.3, -0.25) is 4.79 Å². The maximum Gasteiger partial charge on any atom is 0.247 e.